The molecule has 2 aromatic heterocycles. The SMILES string of the molecule is Fc1cnccc1-c1nc(-c2ccccc2Br)cs1. The van der Waals surface area contributed by atoms with E-state index in [9.17, 15) is 4.39 Å². The molecular formula is C14H8BrFN2S. The van der Waals surface area contributed by atoms with Crippen LogP contribution in [0.1, 0.15) is 0 Å². The van der Waals surface area contributed by atoms with Gasteiger partial charge in [-0.2, -0.15) is 0 Å². The summed E-state index contributed by atoms with van der Waals surface area (Å²) < 4.78 is 14.6. The van der Waals surface area contributed by atoms with Gasteiger partial charge in [0.2, 0.25) is 0 Å². The van der Waals surface area contributed by atoms with Crippen LogP contribution in [-0.2, 0) is 0 Å². The first-order valence-electron chi connectivity index (χ1n) is 5.56. The fourth-order valence-corrected chi connectivity index (χ4v) is 3.07. The molecule has 3 rings (SSSR count). The van der Waals surface area contributed by atoms with E-state index in [2.05, 4.69) is 25.9 Å². The van der Waals surface area contributed by atoms with E-state index in [1.165, 1.54) is 17.5 Å². The molecule has 2 nitrogen and oxygen atoms in total. The normalized spacial score (nSPS) is 10.6. The van der Waals surface area contributed by atoms with Crippen LogP contribution in [0.5, 0.6) is 0 Å². The predicted molar refractivity (Wildman–Crippen MR) is 78.4 cm³/mol. The molecule has 0 spiro atoms. The summed E-state index contributed by atoms with van der Waals surface area (Å²) in [6.45, 7) is 0. The molecule has 0 aliphatic rings. The van der Waals surface area contributed by atoms with Crippen LogP contribution >= 0.6 is 27.3 Å². The molecule has 0 saturated heterocycles. The van der Waals surface area contributed by atoms with Crippen molar-refractivity contribution in [2.45, 2.75) is 0 Å². The smallest absolute Gasteiger partial charge is 0.151 e. The minimum absolute atomic E-state index is 0.351. The lowest BCUT2D eigenvalue weighted by Gasteiger charge is -2.00. The van der Waals surface area contributed by atoms with Crippen molar-refractivity contribution in [1.82, 2.24) is 9.97 Å². The van der Waals surface area contributed by atoms with Crippen molar-refractivity contribution in [2.75, 3.05) is 0 Å². The molecule has 0 aliphatic carbocycles. The number of halogens is 2. The van der Waals surface area contributed by atoms with Crippen LogP contribution < -0.4 is 0 Å². The summed E-state index contributed by atoms with van der Waals surface area (Å²) in [7, 11) is 0. The van der Waals surface area contributed by atoms with Crippen LogP contribution in [0, 0.1) is 5.82 Å². The van der Waals surface area contributed by atoms with Crippen molar-refractivity contribution in [3.05, 3.63) is 58.4 Å². The Morgan fingerprint density at radius 3 is 2.74 bits per heavy atom. The molecule has 94 valence electrons. The quantitative estimate of drug-likeness (QED) is 0.674. The monoisotopic (exact) mass is 334 g/mol. The van der Waals surface area contributed by atoms with Gasteiger partial charge in [0, 0.05) is 27.2 Å². The number of hydrogen-bond donors (Lipinski definition) is 0. The average Bonchev–Trinajstić information content (AvgIpc) is 2.89. The molecule has 0 saturated carbocycles. The summed E-state index contributed by atoms with van der Waals surface area (Å²) in [5.74, 6) is -0.351. The van der Waals surface area contributed by atoms with Gasteiger partial charge in [0.05, 0.1) is 11.9 Å². The first-order chi connectivity index (χ1) is 9.25. The second-order valence-electron chi connectivity index (χ2n) is 3.87. The second-order valence-corrected chi connectivity index (χ2v) is 5.59. The Hall–Kier alpha value is -1.59. The van der Waals surface area contributed by atoms with Crippen molar-refractivity contribution in [1.29, 1.82) is 0 Å². The fraction of sp³-hybridized carbons (Fsp3) is 0. The Labute approximate surface area is 122 Å². The van der Waals surface area contributed by atoms with Crippen LogP contribution in [0.25, 0.3) is 21.8 Å². The Morgan fingerprint density at radius 2 is 1.95 bits per heavy atom. The molecule has 0 unspecified atom stereocenters. The molecule has 2 heterocycles. The lowest BCUT2D eigenvalue weighted by Crippen LogP contribution is -1.85. The number of rotatable bonds is 2. The van der Waals surface area contributed by atoms with Gasteiger partial charge in [-0.25, -0.2) is 9.37 Å². The van der Waals surface area contributed by atoms with Gasteiger partial charge in [0.1, 0.15) is 5.01 Å². The van der Waals surface area contributed by atoms with Crippen molar-refractivity contribution >= 4 is 27.3 Å². The van der Waals surface area contributed by atoms with E-state index in [1.54, 1.807) is 12.3 Å². The maximum absolute atomic E-state index is 13.7. The molecule has 0 aliphatic heterocycles. The lowest BCUT2D eigenvalue weighted by molar-refractivity contribution is 0.625. The Bertz CT molecular complexity index is 667. The van der Waals surface area contributed by atoms with Gasteiger partial charge in [-0.15, -0.1) is 11.3 Å². The molecular weight excluding hydrogens is 327 g/mol. The Morgan fingerprint density at radius 1 is 1.11 bits per heavy atom. The number of thiazole rings is 1. The highest BCUT2D eigenvalue weighted by Crippen LogP contribution is 2.33. The van der Waals surface area contributed by atoms with E-state index >= 15 is 0 Å². The molecule has 1 aromatic carbocycles. The molecule has 5 heteroatoms. The van der Waals surface area contributed by atoms with Gasteiger partial charge >= 0.3 is 0 Å². The van der Waals surface area contributed by atoms with Crippen molar-refractivity contribution in [3.63, 3.8) is 0 Å². The van der Waals surface area contributed by atoms with Crippen LogP contribution in [0.3, 0.4) is 0 Å². The van der Waals surface area contributed by atoms with Crippen molar-refractivity contribution in [3.8, 4) is 21.8 Å². The minimum atomic E-state index is -0.351. The summed E-state index contributed by atoms with van der Waals surface area (Å²) in [5, 5.41) is 2.58. The molecule has 19 heavy (non-hydrogen) atoms. The topological polar surface area (TPSA) is 25.8 Å². The zero-order valence-corrected chi connectivity index (χ0v) is 12.1. The Balaban J connectivity index is 2.06. The molecule has 0 fully saturated rings. The van der Waals surface area contributed by atoms with E-state index in [1.807, 2.05) is 29.6 Å². The number of aromatic nitrogens is 2. The molecule has 0 atom stereocenters. The van der Waals surface area contributed by atoms with E-state index in [0.29, 0.717) is 10.6 Å². The summed E-state index contributed by atoms with van der Waals surface area (Å²) in [6, 6.07) is 9.47. The minimum Gasteiger partial charge on any atom is -0.262 e. The fourth-order valence-electron chi connectivity index (χ4n) is 1.74. The maximum atomic E-state index is 13.7. The van der Waals surface area contributed by atoms with Gasteiger partial charge in [-0.05, 0) is 12.1 Å². The van der Waals surface area contributed by atoms with Gasteiger partial charge in [0.15, 0.2) is 5.82 Å². The number of hydrogen-bond acceptors (Lipinski definition) is 3. The highest BCUT2D eigenvalue weighted by molar-refractivity contribution is 9.10. The van der Waals surface area contributed by atoms with Gasteiger partial charge in [-0.3, -0.25) is 4.98 Å². The number of pyridine rings is 1. The number of benzene rings is 1. The lowest BCUT2D eigenvalue weighted by atomic mass is 10.2. The van der Waals surface area contributed by atoms with E-state index in [0.717, 1.165) is 15.7 Å². The summed E-state index contributed by atoms with van der Waals surface area (Å²) in [4.78, 5) is 8.24. The molecule has 0 radical (unpaired) electrons. The highest BCUT2D eigenvalue weighted by atomic mass is 79.9. The van der Waals surface area contributed by atoms with Crippen LogP contribution in [0.4, 0.5) is 4.39 Å². The third kappa shape index (κ3) is 2.43. The van der Waals surface area contributed by atoms with Crippen molar-refractivity contribution in [2.24, 2.45) is 0 Å². The van der Waals surface area contributed by atoms with Crippen LogP contribution in [0.15, 0.2) is 52.6 Å². The second kappa shape index (κ2) is 5.19. The van der Waals surface area contributed by atoms with Gasteiger partial charge < -0.3 is 0 Å². The number of nitrogens with zero attached hydrogens (tertiary/aromatic N) is 2. The standard InChI is InChI=1S/C14H8BrFN2S/c15-11-4-2-1-3-9(11)13-8-19-14(18-13)10-5-6-17-7-12(10)16/h1-8H. The molecule has 0 amide bonds. The zero-order valence-electron chi connectivity index (χ0n) is 9.68. The van der Waals surface area contributed by atoms with Crippen molar-refractivity contribution < 1.29 is 4.39 Å². The first kappa shape index (κ1) is 12.4. The highest BCUT2D eigenvalue weighted by Gasteiger charge is 2.11. The molecule has 0 N–H and O–H groups in total. The average molecular weight is 335 g/mol. The maximum Gasteiger partial charge on any atom is 0.151 e. The van der Waals surface area contributed by atoms with Gasteiger partial charge in [-0.1, -0.05) is 34.1 Å². The molecule has 3 aromatic rings. The third-order valence-corrected chi connectivity index (χ3v) is 4.22. The summed E-state index contributed by atoms with van der Waals surface area (Å²) in [5.41, 5.74) is 2.32. The van der Waals surface area contributed by atoms with Crippen LogP contribution in [0.2, 0.25) is 0 Å². The largest absolute Gasteiger partial charge is 0.262 e. The summed E-state index contributed by atoms with van der Waals surface area (Å²) in [6.07, 6.45) is 2.77. The van der Waals surface area contributed by atoms with Gasteiger partial charge in [0.25, 0.3) is 0 Å². The zero-order chi connectivity index (χ0) is 13.2. The van der Waals surface area contributed by atoms with E-state index in [-0.39, 0.29) is 5.82 Å². The van der Waals surface area contributed by atoms with E-state index < -0.39 is 0 Å². The Kier molecular flexibility index (Phi) is 3.40. The third-order valence-electron chi connectivity index (χ3n) is 2.66. The first-order valence-corrected chi connectivity index (χ1v) is 7.23. The van der Waals surface area contributed by atoms with E-state index in [4.69, 9.17) is 0 Å². The molecule has 0 bridgehead atoms. The summed E-state index contributed by atoms with van der Waals surface area (Å²) >= 11 is 4.91. The van der Waals surface area contributed by atoms with Crippen LogP contribution in [-0.4, -0.2) is 9.97 Å². The predicted octanol–water partition coefficient (Wildman–Crippen LogP) is 4.77.